The standard InChI is InChI=1S/C16H16FNO3/c1-20-13-6-8-14(9-7-13)21-11-16(19)18-10-12-4-2-3-5-15(12)17/h2-9H,10-11H2,1H3,(H,18,19). The normalized spacial score (nSPS) is 10.0. The number of amides is 1. The zero-order valence-corrected chi connectivity index (χ0v) is 11.6. The molecule has 0 aliphatic heterocycles. The van der Waals surface area contributed by atoms with Crippen LogP contribution < -0.4 is 14.8 Å². The maximum atomic E-state index is 13.4. The van der Waals surface area contributed by atoms with Gasteiger partial charge in [0.25, 0.3) is 5.91 Å². The lowest BCUT2D eigenvalue weighted by Gasteiger charge is -2.08. The molecule has 1 N–H and O–H groups in total. The first-order chi connectivity index (χ1) is 10.2. The molecule has 0 atom stereocenters. The summed E-state index contributed by atoms with van der Waals surface area (Å²) in [7, 11) is 1.58. The molecule has 0 radical (unpaired) electrons. The Hall–Kier alpha value is -2.56. The molecule has 2 aromatic carbocycles. The lowest BCUT2D eigenvalue weighted by Crippen LogP contribution is -2.28. The number of carbonyl (C=O) groups is 1. The maximum Gasteiger partial charge on any atom is 0.258 e. The molecule has 0 saturated heterocycles. The number of rotatable bonds is 6. The fourth-order valence-electron chi connectivity index (χ4n) is 1.71. The first kappa shape index (κ1) is 14.8. The second kappa shape index (κ2) is 7.28. The highest BCUT2D eigenvalue weighted by Gasteiger charge is 2.05. The fourth-order valence-corrected chi connectivity index (χ4v) is 1.71. The van der Waals surface area contributed by atoms with E-state index in [1.165, 1.54) is 6.07 Å². The molecule has 0 unspecified atom stereocenters. The van der Waals surface area contributed by atoms with E-state index in [9.17, 15) is 9.18 Å². The van der Waals surface area contributed by atoms with Crippen LogP contribution in [-0.2, 0) is 11.3 Å². The second-order valence-corrected chi connectivity index (χ2v) is 4.33. The number of hydrogen-bond acceptors (Lipinski definition) is 3. The number of hydrogen-bond donors (Lipinski definition) is 1. The van der Waals surface area contributed by atoms with E-state index in [0.717, 1.165) is 0 Å². The Morgan fingerprint density at radius 1 is 1.10 bits per heavy atom. The van der Waals surface area contributed by atoms with Crippen molar-refractivity contribution in [3.8, 4) is 11.5 Å². The van der Waals surface area contributed by atoms with Crippen molar-refractivity contribution in [2.75, 3.05) is 13.7 Å². The number of nitrogens with one attached hydrogen (secondary N) is 1. The molecule has 4 nitrogen and oxygen atoms in total. The van der Waals surface area contributed by atoms with Crippen LogP contribution in [0.1, 0.15) is 5.56 Å². The van der Waals surface area contributed by atoms with Crippen molar-refractivity contribution in [3.63, 3.8) is 0 Å². The highest BCUT2D eigenvalue weighted by atomic mass is 19.1. The molecular weight excluding hydrogens is 273 g/mol. The Morgan fingerprint density at radius 3 is 2.43 bits per heavy atom. The Balaban J connectivity index is 1.78. The van der Waals surface area contributed by atoms with Crippen LogP contribution in [0.2, 0.25) is 0 Å². The fraction of sp³-hybridized carbons (Fsp3) is 0.188. The van der Waals surface area contributed by atoms with Crippen molar-refractivity contribution in [1.82, 2.24) is 5.32 Å². The van der Waals surface area contributed by atoms with Gasteiger partial charge in [-0.2, -0.15) is 0 Å². The summed E-state index contributed by atoms with van der Waals surface area (Å²) >= 11 is 0. The molecule has 0 saturated carbocycles. The lowest BCUT2D eigenvalue weighted by molar-refractivity contribution is -0.123. The van der Waals surface area contributed by atoms with Crippen LogP contribution in [0.3, 0.4) is 0 Å². The molecule has 1 amide bonds. The smallest absolute Gasteiger partial charge is 0.258 e. The van der Waals surface area contributed by atoms with Gasteiger partial charge in [0.15, 0.2) is 6.61 Å². The minimum absolute atomic E-state index is 0.124. The number of halogens is 1. The average Bonchev–Trinajstić information content (AvgIpc) is 2.52. The van der Waals surface area contributed by atoms with Crippen molar-refractivity contribution < 1.29 is 18.7 Å². The molecule has 0 aromatic heterocycles. The summed E-state index contributed by atoms with van der Waals surface area (Å²) in [6.45, 7) is 0.0122. The van der Waals surface area contributed by atoms with E-state index in [1.807, 2.05) is 0 Å². The molecule has 0 heterocycles. The Bertz CT molecular complexity index is 599. The van der Waals surface area contributed by atoms with E-state index in [1.54, 1.807) is 49.6 Å². The minimum atomic E-state index is -0.339. The van der Waals surface area contributed by atoms with Crippen LogP contribution in [0, 0.1) is 5.82 Å². The van der Waals surface area contributed by atoms with Gasteiger partial charge in [-0.15, -0.1) is 0 Å². The van der Waals surface area contributed by atoms with Crippen molar-refractivity contribution in [1.29, 1.82) is 0 Å². The van der Waals surface area contributed by atoms with Crippen LogP contribution in [0.5, 0.6) is 11.5 Å². The highest BCUT2D eigenvalue weighted by molar-refractivity contribution is 5.77. The Kier molecular flexibility index (Phi) is 5.15. The molecule has 0 bridgehead atoms. The molecule has 110 valence electrons. The topological polar surface area (TPSA) is 47.6 Å². The van der Waals surface area contributed by atoms with Crippen molar-refractivity contribution in [2.24, 2.45) is 0 Å². The maximum absolute atomic E-state index is 13.4. The van der Waals surface area contributed by atoms with Crippen LogP contribution in [-0.4, -0.2) is 19.6 Å². The first-order valence-corrected chi connectivity index (χ1v) is 6.46. The van der Waals surface area contributed by atoms with Crippen molar-refractivity contribution in [3.05, 3.63) is 59.9 Å². The third-order valence-electron chi connectivity index (χ3n) is 2.86. The lowest BCUT2D eigenvalue weighted by atomic mass is 10.2. The molecule has 21 heavy (non-hydrogen) atoms. The van der Waals surface area contributed by atoms with Crippen LogP contribution in [0.25, 0.3) is 0 Å². The van der Waals surface area contributed by atoms with Crippen LogP contribution in [0.4, 0.5) is 4.39 Å². The molecular formula is C16H16FNO3. The predicted molar refractivity (Wildman–Crippen MR) is 76.7 cm³/mol. The van der Waals surface area contributed by atoms with E-state index in [4.69, 9.17) is 9.47 Å². The monoisotopic (exact) mass is 289 g/mol. The molecule has 2 aromatic rings. The summed E-state index contributed by atoms with van der Waals surface area (Å²) in [4.78, 5) is 11.6. The zero-order valence-electron chi connectivity index (χ0n) is 11.6. The second-order valence-electron chi connectivity index (χ2n) is 4.33. The summed E-state index contributed by atoms with van der Waals surface area (Å²) < 4.78 is 23.7. The van der Waals surface area contributed by atoms with Gasteiger partial charge in [-0.05, 0) is 30.3 Å². The summed E-state index contributed by atoms with van der Waals surface area (Å²) in [5.41, 5.74) is 0.440. The first-order valence-electron chi connectivity index (χ1n) is 6.46. The number of carbonyl (C=O) groups excluding carboxylic acids is 1. The average molecular weight is 289 g/mol. The molecule has 0 aliphatic carbocycles. The van der Waals surface area contributed by atoms with Gasteiger partial charge in [-0.3, -0.25) is 4.79 Å². The highest BCUT2D eigenvalue weighted by Crippen LogP contribution is 2.16. The Labute approximate surface area is 122 Å². The van der Waals surface area contributed by atoms with Gasteiger partial charge in [0.05, 0.1) is 7.11 Å². The summed E-state index contributed by atoms with van der Waals surface area (Å²) in [5.74, 6) is 0.631. The number of methoxy groups -OCH3 is 1. The van der Waals surface area contributed by atoms with Gasteiger partial charge < -0.3 is 14.8 Å². The molecule has 0 fully saturated rings. The predicted octanol–water partition coefficient (Wildman–Crippen LogP) is 2.53. The van der Waals surface area contributed by atoms with Gasteiger partial charge in [0.1, 0.15) is 17.3 Å². The van der Waals surface area contributed by atoms with Crippen molar-refractivity contribution in [2.45, 2.75) is 6.54 Å². The molecule has 0 aliphatic rings. The quantitative estimate of drug-likeness (QED) is 0.889. The van der Waals surface area contributed by atoms with E-state index in [0.29, 0.717) is 17.1 Å². The molecule has 2 rings (SSSR count). The number of benzene rings is 2. The third kappa shape index (κ3) is 4.49. The van der Waals surface area contributed by atoms with Gasteiger partial charge in [-0.25, -0.2) is 4.39 Å². The number of ether oxygens (including phenoxy) is 2. The van der Waals surface area contributed by atoms with Gasteiger partial charge >= 0.3 is 0 Å². The van der Waals surface area contributed by atoms with Gasteiger partial charge in [0, 0.05) is 12.1 Å². The molecule has 0 spiro atoms. The van der Waals surface area contributed by atoms with E-state index in [2.05, 4.69) is 5.32 Å². The minimum Gasteiger partial charge on any atom is -0.497 e. The Morgan fingerprint density at radius 2 is 1.76 bits per heavy atom. The van der Waals surface area contributed by atoms with E-state index >= 15 is 0 Å². The molecule has 5 heteroatoms. The summed E-state index contributed by atoms with van der Waals surface area (Å²) in [6.07, 6.45) is 0. The van der Waals surface area contributed by atoms with Gasteiger partial charge in [-0.1, -0.05) is 18.2 Å². The largest absolute Gasteiger partial charge is 0.497 e. The zero-order chi connectivity index (χ0) is 15.1. The summed E-state index contributed by atoms with van der Waals surface area (Å²) in [6, 6.07) is 13.2. The van der Waals surface area contributed by atoms with E-state index in [-0.39, 0.29) is 24.9 Å². The summed E-state index contributed by atoms with van der Waals surface area (Å²) in [5, 5.41) is 2.60. The van der Waals surface area contributed by atoms with Crippen LogP contribution >= 0.6 is 0 Å². The SMILES string of the molecule is COc1ccc(OCC(=O)NCc2ccccc2F)cc1. The van der Waals surface area contributed by atoms with Crippen molar-refractivity contribution >= 4 is 5.91 Å². The van der Waals surface area contributed by atoms with E-state index < -0.39 is 0 Å². The third-order valence-corrected chi connectivity index (χ3v) is 2.86. The van der Waals surface area contributed by atoms with Crippen LogP contribution in [0.15, 0.2) is 48.5 Å². The van der Waals surface area contributed by atoms with Gasteiger partial charge in [0.2, 0.25) is 0 Å².